The van der Waals surface area contributed by atoms with E-state index in [4.69, 9.17) is 0 Å². The second kappa shape index (κ2) is 4.61. The molecule has 90 valence electrons. The third kappa shape index (κ3) is 2.75. The highest BCUT2D eigenvalue weighted by molar-refractivity contribution is 7.15. The van der Waals surface area contributed by atoms with Crippen molar-refractivity contribution in [1.29, 1.82) is 0 Å². The minimum Gasteiger partial charge on any atom is -0.244 e. The summed E-state index contributed by atoms with van der Waals surface area (Å²) < 4.78 is 0. The maximum atomic E-state index is 4.54. The average Bonchev–Trinajstić information content (AvgIpc) is 2.77. The zero-order chi connectivity index (χ0) is 12.5. The van der Waals surface area contributed by atoms with Crippen molar-refractivity contribution in [1.82, 2.24) is 4.98 Å². The summed E-state index contributed by atoms with van der Waals surface area (Å²) in [5.74, 6) is 0.539. The van der Waals surface area contributed by atoms with Gasteiger partial charge in [-0.15, -0.1) is 11.3 Å². The summed E-state index contributed by atoms with van der Waals surface area (Å²) in [5.41, 5.74) is 1.50. The van der Waals surface area contributed by atoms with Crippen molar-refractivity contribution in [3.05, 3.63) is 41.4 Å². The Hall–Kier alpha value is -1.15. The topological polar surface area (TPSA) is 12.9 Å². The number of thiazole rings is 1. The Kier molecular flexibility index (Phi) is 3.34. The van der Waals surface area contributed by atoms with Gasteiger partial charge in [0, 0.05) is 16.6 Å². The fourth-order valence-corrected chi connectivity index (χ4v) is 2.85. The number of nitrogens with zero attached hydrogens (tertiary/aromatic N) is 1. The van der Waals surface area contributed by atoms with E-state index in [2.05, 4.69) is 56.9 Å². The highest BCUT2D eigenvalue weighted by Gasteiger charge is 2.23. The molecule has 1 aromatic carbocycles. The predicted octanol–water partition coefficient (Wildman–Crippen LogP) is 4.96. The number of rotatable bonds is 2. The van der Waals surface area contributed by atoms with Crippen LogP contribution in [0.5, 0.6) is 0 Å². The van der Waals surface area contributed by atoms with Crippen molar-refractivity contribution in [3.63, 3.8) is 0 Å². The van der Waals surface area contributed by atoms with Crippen LogP contribution in [-0.2, 0) is 0 Å². The lowest BCUT2D eigenvalue weighted by Gasteiger charge is -2.25. The van der Waals surface area contributed by atoms with Crippen molar-refractivity contribution in [2.75, 3.05) is 0 Å². The number of hydrogen-bond acceptors (Lipinski definition) is 2. The van der Waals surface area contributed by atoms with E-state index in [1.165, 1.54) is 10.4 Å². The Morgan fingerprint density at radius 1 is 1.12 bits per heavy atom. The molecule has 2 heteroatoms. The Bertz CT molecular complexity index is 479. The van der Waals surface area contributed by atoms with Gasteiger partial charge in [-0.2, -0.15) is 0 Å². The number of benzene rings is 1. The van der Waals surface area contributed by atoms with Gasteiger partial charge in [0.2, 0.25) is 0 Å². The van der Waals surface area contributed by atoms with Crippen LogP contribution in [0, 0.1) is 5.41 Å². The zero-order valence-corrected chi connectivity index (χ0v) is 11.7. The predicted molar refractivity (Wildman–Crippen MR) is 75.4 cm³/mol. The first-order chi connectivity index (χ1) is 7.98. The minimum absolute atomic E-state index is 0.292. The van der Waals surface area contributed by atoms with E-state index in [-0.39, 0.29) is 0 Å². The molecule has 1 nitrogen and oxygen atoms in total. The highest BCUT2D eigenvalue weighted by Crippen LogP contribution is 2.38. The zero-order valence-electron chi connectivity index (χ0n) is 10.9. The molecular weight excluding hydrogens is 226 g/mol. The molecule has 1 atom stereocenters. The van der Waals surface area contributed by atoms with Crippen molar-refractivity contribution >= 4 is 11.3 Å². The molecule has 2 rings (SSSR count). The van der Waals surface area contributed by atoms with Crippen LogP contribution in [0.25, 0.3) is 10.6 Å². The van der Waals surface area contributed by atoms with E-state index >= 15 is 0 Å². The Morgan fingerprint density at radius 2 is 1.76 bits per heavy atom. The van der Waals surface area contributed by atoms with Gasteiger partial charge in [-0.3, -0.25) is 0 Å². The van der Waals surface area contributed by atoms with Gasteiger partial charge < -0.3 is 0 Å². The molecular formula is C15H19NS. The maximum Gasteiger partial charge on any atom is 0.123 e. The second-order valence-corrected chi connectivity index (χ2v) is 6.58. The molecule has 0 saturated carbocycles. The van der Waals surface area contributed by atoms with Crippen molar-refractivity contribution in [3.8, 4) is 10.6 Å². The summed E-state index contributed by atoms with van der Waals surface area (Å²) in [7, 11) is 0. The van der Waals surface area contributed by atoms with E-state index in [9.17, 15) is 0 Å². The van der Waals surface area contributed by atoms with Crippen LogP contribution in [0.4, 0.5) is 0 Å². The number of aromatic nitrogens is 1. The largest absolute Gasteiger partial charge is 0.244 e. The molecule has 0 bridgehead atoms. The van der Waals surface area contributed by atoms with E-state index < -0.39 is 0 Å². The quantitative estimate of drug-likeness (QED) is 0.728. The van der Waals surface area contributed by atoms with Crippen LogP contribution in [0.15, 0.2) is 36.5 Å². The summed E-state index contributed by atoms with van der Waals surface area (Å²) in [4.78, 5) is 5.91. The molecule has 1 unspecified atom stereocenters. The molecule has 0 fully saturated rings. The van der Waals surface area contributed by atoms with E-state index in [1.807, 2.05) is 23.6 Å². The maximum absolute atomic E-state index is 4.54. The van der Waals surface area contributed by atoms with Crippen LogP contribution >= 0.6 is 11.3 Å². The van der Waals surface area contributed by atoms with Crippen LogP contribution in [0.2, 0.25) is 0 Å². The minimum atomic E-state index is 0.292. The lowest BCUT2D eigenvalue weighted by molar-refractivity contribution is 0.343. The van der Waals surface area contributed by atoms with Crippen molar-refractivity contribution in [2.45, 2.75) is 33.6 Å². The van der Waals surface area contributed by atoms with Crippen LogP contribution in [0.3, 0.4) is 0 Å². The summed E-state index contributed by atoms with van der Waals surface area (Å²) in [6.07, 6.45) is 2.03. The molecule has 2 aromatic rings. The van der Waals surface area contributed by atoms with Gasteiger partial charge in [0.25, 0.3) is 0 Å². The summed E-state index contributed by atoms with van der Waals surface area (Å²) in [6.45, 7) is 9.11. The second-order valence-electron chi connectivity index (χ2n) is 5.52. The number of hydrogen-bond donors (Lipinski definition) is 0. The van der Waals surface area contributed by atoms with Crippen molar-refractivity contribution < 1.29 is 0 Å². The fourth-order valence-electron chi connectivity index (χ4n) is 1.63. The lowest BCUT2D eigenvalue weighted by Crippen LogP contribution is -2.13. The molecule has 0 radical (unpaired) electrons. The molecule has 1 heterocycles. The van der Waals surface area contributed by atoms with Gasteiger partial charge >= 0.3 is 0 Å². The van der Waals surface area contributed by atoms with Gasteiger partial charge in [0.05, 0.1) is 0 Å². The Morgan fingerprint density at radius 3 is 2.35 bits per heavy atom. The fraction of sp³-hybridized carbons (Fsp3) is 0.400. The molecule has 0 aliphatic rings. The van der Waals surface area contributed by atoms with Gasteiger partial charge in [-0.25, -0.2) is 4.98 Å². The smallest absolute Gasteiger partial charge is 0.123 e. The normalized spacial score (nSPS) is 13.6. The standard InChI is InChI=1S/C15H19NS/c1-11(15(2,3)4)13-10-16-14(17-13)12-8-6-5-7-9-12/h5-11H,1-4H3. The lowest BCUT2D eigenvalue weighted by atomic mass is 9.81. The monoisotopic (exact) mass is 245 g/mol. The summed E-state index contributed by atoms with van der Waals surface area (Å²) >= 11 is 1.81. The highest BCUT2D eigenvalue weighted by atomic mass is 32.1. The van der Waals surface area contributed by atoms with Crippen molar-refractivity contribution in [2.24, 2.45) is 5.41 Å². The molecule has 1 aromatic heterocycles. The first-order valence-corrected chi connectivity index (χ1v) is 6.81. The Balaban J connectivity index is 2.28. The van der Waals surface area contributed by atoms with Gasteiger partial charge in [0.15, 0.2) is 0 Å². The molecule has 0 saturated heterocycles. The SMILES string of the molecule is CC(c1cnc(-c2ccccc2)s1)C(C)(C)C. The average molecular weight is 245 g/mol. The third-order valence-electron chi connectivity index (χ3n) is 3.27. The van der Waals surface area contributed by atoms with E-state index in [0.29, 0.717) is 11.3 Å². The Labute approximate surface area is 108 Å². The van der Waals surface area contributed by atoms with Crippen LogP contribution in [0.1, 0.15) is 38.5 Å². The van der Waals surface area contributed by atoms with E-state index in [1.54, 1.807) is 0 Å². The molecule has 0 aliphatic carbocycles. The first kappa shape index (κ1) is 12.3. The van der Waals surface area contributed by atoms with Gasteiger partial charge in [-0.05, 0) is 11.3 Å². The van der Waals surface area contributed by atoms with Crippen LogP contribution < -0.4 is 0 Å². The molecule has 0 aliphatic heterocycles. The molecule has 0 spiro atoms. The van der Waals surface area contributed by atoms with Crippen LogP contribution in [-0.4, -0.2) is 4.98 Å². The summed E-state index contributed by atoms with van der Waals surface area (Å²) in [5, 5.41) is 1.12. The molecule has 0 N–H and O–H groups in total. The van der Waals surface area contributed by atoms with Gasteiger partial charge in [0.1, 0.15) is 5.01 Å². The van der Waals surface area contributed by atoms with E-state index in [0.717, 1.165) is 5.01 Å². The summed E-state index contributed by atoms with van der Waals surface area (Å²) in [6, 6.07) is 10.4. The van der Waals surface area contributed by atoms with Gasteiger partial charge in [-0.1, -0.05) is 58.0 Å². The third-order valence-corrected chi connectivity index (χ3v) is 4.50. The first-order valence-electron chi connectivity index (χ1n) is 5.99. The molecule has 0 amide bonds. The molecule has 17 heavy (non-hydrogen) atoms.